The van der Waals surface area contributed by atoms with Crippen LogP contribution in [0.5, 0.6) is 5.75 Å². The van der Waals surface area contributed by atoms with Crippen molar-refractivity contribution in [2.75, 3.05) is 0 Å². The van der Waals surface area contributed by atoms with Gasteiger partial charge >= 0.3 is 12.4 Å². The average molecular weight is 399 g/mol. The summed E-state index contributed by atoms with van der Waals surface area (Å²) in [7, 11) is 0. The maximum Gasteiger partial charge on any atom is 0.573 e. The number of hydrogen-bond acceptors (Lipinski definition) is 3. The van der Waals surface area contributed by atoms with Gasteiger partial charge in [-0.05, 0) is 42.3 Å². The van der Waals surface area contributed by atoms with Gasteiger partial charge in [-0.25, -0.2) is 4.79 Å². The number of halogens is 4. The van der Waals surface area contributed by atoms with E-state index in [1.807, 2.05) is 0 Å². The number of hydrogen-bond donors (Lipinski definition) is 1. The van der Waals surface area contributed by atoms with Gasteiger partial charge in [0.05, 0.1) is 6.54 Å². The number of alkyl halides is 3. The fourth-order valence-electron chi connectivity index (χ4n) is 2.84. The van der Waals surface area contributed by atoms with Crippen molar-refractivity contribution in [3.8, 4) is 5.75 Å². The Morgan fingerprint density at radius 3 is 2.41 bits per heavy atom. The molecule has 1 atom stereocenters. The number of imide groups is 1. The predicted molar refractivity (Wildman–Crippen MR) is 91.0 cm³/mol. The molecule has 1 saturated heterocycles. The highest BCUT2D eigenvalue weighted by Gasteiger charge is 2.49. The number of nitrogens with one attached hydrogen (secondary N) is 1. The first kappa shape index (κ1) is 19.0. The van der Waals surface area contributed by atoms with Crippen LogP contribution in [0.15, 0.2) is 48.5 Å². The smallest absolute Gasteiger partial charge is 0.406 e. The largest absolute Gasteiger partial charge is 0.573 e. The van der Waals surface area contributed by atoms with Crippen LogP contribution in [-0.4, -0.2) is 23.2 Å². The fraction of sp³-hybridized carbons (Fsp3) is 0.222. The summed E-state index contributed by atoms with van der Waals surface area (Å²) in [5.74, 6) is -0.931. The molecule has 1 unspecified atom stereocenters. The number of rotatable bonds is 4. The summed E-state index contributed by atoms with van der Waals surface area (Å²) in [6.07, 6.45) is -4.81. The topological polar surface area (TPSA) is 58.6 Å². The molecule has 2 aromatic carbocycles. The molecule has 3 amide bonds. The summed E-state index contributed by atoms with van der Waals surface area (Å²) in [4.78, 5) is 26.2. The van der Waals surface area contributed by atoms with Crippen LogP contribution in [-0.2, 0) is 16.9 Å². The Hall–Kier alpha value is -2.74. The average Bonchev–Trinajstić information content (AvgIpc) is 2.78. The number of carbonyl (C=O) groups is 2. The van der Waals surface area contributed by atoms with Crippen molar-refractivity contribution in [2.45, 2.75) is 25.4 Å². The third-order valence-corrected chi connectivity index (χ3v) is 4.41. The van der Waals surface area contributed by atoms with Crippen molar-refractivity contribution in [1.82, 2.24) is 10.2 Å². The molecule has 9 heteroatoms. The first-order chi connectivity index (χ1) is 12.6. The SMILES string of the molecule is CC1(c2ccc(OC(F)(F)F)cc2)NC(=O)N(Cc2cccc(Cl)c2)C1=O. The number of nitrogens with zero attached hydrogens (tertiary/aromatic N) is 1. The lowest BCUT2D eigenvalue weighted by Gasteiger charge is -2.22. The molecule has 0 spiro atoms. The summed E-state index contributed by atoms with van der Waals surface area (Å²) < 4.78 is 40.6. The molecule has 1 heterocycles. The zero-order chi connectivity index (χ0) is 19.8. The highest BCUT2D eigenvalue weighted by atomic mass is 35.5. The molecule has 1 aliphatic heterocycles. The number of benzene rings is 2. The van der Waals surface area contributed by atoms with Crippen LogP contribution < -0.4 is 10.1 Å². The number of carbonyl (C=O) groups excluding carboxylic acids is 2. The Bertz CT molecular complexity index is 886. The summed E-state index contributed by atoms with van der Waals surface area (Å²) in [5.41, 5.74) is -0.389. The van der Waals surface area contributed by atoms with Crippen LogP contribution in [0.3, 0.4) is 0 Å². The minimum absolute atomic E-state index is 0.0239. The zero-order valence-electron chi connectivity index (χ0n) is 14.0. The van der Waals surface area contributed by atoms with Gasteiger partial charge in [-0.1, -0.05) is 35.9 Å². The Kier molecular flexibility index (Phi) is 4.77. The fourth-order valence-corrected chi connectivity index (χ4v) is 3.06. The van der Waals surface area contributed by atoms with E-state index in [0.29, 0.717) is 16.1 Å². The standard InChI is InChI=1S/C18H14ClF3N2O3/c1-17(12-5-7-14(8-6-12)27-18(20,21)22)15(25)24(16(26)23-17)10-11-3-2-4-13(19)9-11/h2-9H,10H2,1H3,(H,23,26). The van der Waals surface area contributed by atoms with Gasteiger partial charge in [0, 0.05) is 5.02 Å². The van der Waals surface area contributed by atoms with E-state index in [1.165, 1.54) is 19.1 Å². The first-order valence-electron chi connectivity index (χ1n) is 7.83. The summed E-state index contributed by atoms with van der Waals surface area (Å²) in [6, 6.07) is 10.9. The molecule has 2 aromatic rings. The number of amides is 3. The van der Waals surface area contributed by atoms with E-state index in [1.54, 1.807) is 24.3 Å². The molecular weight excluding hydrogens is 385 g/mol. The molecule has 1 aliphatic rings. The van der Waals surface area contributed by atoms with E-state index in [0.717, 1.165) is 17.0 Å². The van der Waals surface area contributed by atoms with Crippen molar-refractivity contribution in [3.63, 3.8) is 0 Å². The van der Waals surface area contributed by atoms with Crippen LogP contribution in [0.25, 0.3) is 0 Å². The predicted octanol–water partition coefficient (Wildman–Crippen LogP) is 4.21. The van der Waals surface area contributed by atoms with Crippen molar-refractivity contribution in [2.24, 2.45) is 0 Å². The quantitative estimate of drug-likeness (QED) is 0.785. The molecule has 27 heavy (non-hydrogen) atoms. The molecule has 3 rings (SSSR count). The minimum atomic E-state index is -4.81. The minimum Gasteiger partial charge on any atom is -0.406 e. The summed E-state index contributed by atoms with van der Waals surface area (Å²) in [6.45, 7) is 1.51. The van der Waals surface area contributed by atoms with Gasteiger partial charge in [-0.15, -0.1) is 13.2 Å². The van der Waals surface area contributed by atoms with E-state index in [-0.39, 0.29) is 6.54 Å². The molecule has 0 saturated carbocycles. The molecule has 0 radical (unpaired) electrons. The summed E-state index contributed by atoms with van der Waals surface area (Å²) in [5, 5.41) is 3.07. The second-order valence-electron chi connectivity index (χ2n) is 6.15. The van der Waals surface area contributed by atoms with E-state index in [2.05, 4.69) is 10.1 Å². The third kappa shape index (κ3) is 4.00. The van der Waals surface area contributed by atoms with Crippen molar-refractivity contribution in [3.05, 3.63) is 64.7 Å². The van der Waals surface area contributed by atoms with Crippen molar-refractivity contribution < 1.29 is 27.5 Å². The Morgan fingerprint density at radius 1 is 1.15 bits per heavy atom. The van der Waals surface area contributed by atoms with Gasteiger partial charge in [0.1, 0.15) is 11.3 Å². The van der Waals surface area contributed by atoms with Crippen LogP contribution in [0.4, 0.5) is 18.0 Å². The second-order valence-corrected chi connectivity index (χ2v) is 6.58. The van der Waals surface area contributed by atoms with Crippen LogP contribution in [0, 0.1) is 0 Å². The van der Waals surface area contributed by atoms with E-state index < -0.39 is 29.6 Å². The molecule has 0 aromatic heterocycles. The van der Waals surface area contributed by atoms with Gasteiger partial charge in [-0.2, -0.15) is 0 Å². The molecular formula is C18H14ClF3N2O3. The lowest BCUT2D eigenvalue weighted by molar-refractivity contribution is -0.274. The number of ether oxygens (including phenoxy) is 1. The molecule has 1 N–H and O–H groups in total. The maximum atomic E-state index is 12.8. The third-order valence-electron chi connectivity index (χ3n) is 4.17. The monoisotopic (exact) mass is 398 g/mol. The lowest BCUT2D eigenvalue weighted by atomic mass is 9.92. The lowest BCUT2D eigenvalue weighted by Crippen LogP contribution is -2.40. The Labute approximate surface area is 157 Å². The highest BCUT2D eigenvalue weighted by Crippen LogP contribution is 2.32. The van der Waals surface area contributed by atoms with Gasteiger partial charge in [0.25, 0.3) is 5.91 Å². The molecule has 142 valence electrons. The Morgan fingerprint density at radius 2 is 1.81 bits per heavy atom. The zero-order valence-corrected chi connectivity index (χ0v) is 14.8. The molecule has 0 bridgehead atoms. The molecule has 5 nitrogen and oxygen atoms in total. The molecule has 0 aliphatic carbocycles. The number of urea groups is 1. The Balaban J connectivity index is 1.82. The van der Waals surface area contributed by atoms with Gasteiger partial charge in [0.2, 0.25) is 0 Å². The van der Waals surface area contributed by atoms with Crippen LogP contribution >= 0.6 is 11.6 Å². The van der Waals surface area contributed by atoms with Crippen molar-refractivity contribution in [1.29, 1.82) is 0 Å². The first-order valence-corrected chi connectivity index (χ1v) is 8.21. The normalized spacial score (nSPS) is 20.0. The molecule has 1 fully saturated rings. The maximum absolute atomic E-state index is 12.8. The highest BCUT2D eigenvalue weighted by molar-refractivity contribution is 6.30. The van der Waals surface area contributed by atoms with Gasteiger partial charge in [0.15, 0.2) is 0 Å². The summed E-state index contributed by atoms with van der Waals surface area (Å²) >= 11 is 5.92. The van der Waals surface area contributed by atoms with Crippen LogP contribution in [0.1, 0.15) is 18.1 Å². The van der Waals surface area contributed by atoms with Crippen molar-refractivity contribution >= 4 is 23.5 Å². The van der Waals surface area contributed by atoms with E-state index in [9.17, 15) is 22.8 Å². The van der Waals surface area contributed by atoms with E-state index in [4.69, 9.17) is 11.6 Å². The van der Waals surface area contributed by atoms with Gasteiger partial charge < -0.3 is 10.1 Å². The second kappa shape index (κ2) is 6.77. The van der Waals surface area contributed by atoms with Gasteiger partial charge in [-0.3, -0.25) is 9.69 Å². The van der Waals surface area contributed by atoms with E-state index >= 15 is 0 Å². The van der Waals surface area contributed by atoms with Crippen LogP contribution in [0.2, 0.25) is 5.02 Å².